The molecule has 0 spiro atoms. The Bertz CT molecular complexity index is 1030. The quantitative estimate of drug-likeness (QED) is 0.499. The topological polar surface area (TPSA) is 90.1 Å². The summed E-state index contributed by atoms with van der Waals surface area (Å²) in [6.07, 6.45) is 1.37. The molecule has 1 atom stereocenters. The minimum atomic E-state index is -0.995. The number of halogens is 4. The Hall–Kier alpha value is -2.69. The number of nitrogens with one attached hydrogen (secondary N) is 1. The number of pyridine rings is 1. The van der Waals surface area contributed by atoms with Crippen LogP contribution in [0, 0.1) is 23.4 Å². The molecule has 0 saturated heterocycles. The number of aromatic nitrogens is 2. The van der Waals surface area contributed by atoms with Crippen molar-refractivity contribution < 1.29 is 22.7 Å². The Kier molecular flexibility index (Phi) is 7.24. The van der Waals surface area contributed by atoms with Crippen LogP contribution in [0.2, 0.25) is 0 Å². The first-order valence-corrected chi connectivity index (χ1v) is 10.0. The summed E-state index contributed by atoms with van der Waals surface area (Å²) in [5, 5.41) is 2.87. The third-order valence-electron chi connectivity index (χ3n) is 4.07. The van der Waals surface area contributed by atoms with Crippen molar-refractivity contribution in [3.63, 3.8) is 0 Å². The van der Waals surface area contributed by atoms with Gasteiger partial charge in [-0.1, -0.05) is 6.07 Å². The maximum Gasteiger partial charge on any atom is 0.274 e. The van der Waals surface area contributed by atoms with Crippen LogP contribution in [0.25, 0.3) is 11.3 Å². The van der Waals surface area contributed by atoms with Crippen molar-refractivity contribution in [1.82, 2.24) is 9.36 Å². The van der Waals surface area contributed by atoms with E-state index in [0.29, 0.717) is 17.5 Å². The fourth-order valence-electron chi connectivity index (χ4n) is 2.44. The molecule has 3 rings (SSSR count). The monoisotopic (exact) mass is 456 g/mol. The number of carbonyl (C=O) groups is 1. The van der Waals surface area contributed by atoms with Crippen molar-refractivity contribution >= 4 is 34.7 Å². The summed E-state index contributed by atoms with van der Waals surface area (Å²) in [6.45, 7) is 0.565. The zero-order valence-corrected chi connectivity index (χ0v) is 16.9. The van der Waals surface area contributed by atoms with E-state index in [1.54, 1.807) is 0 Å². The maximum atomic E-state index is 14.2. The third-order valence-corrected chi connectivity index (χ3v) is 5.22. The molecule has 1 amide bonds. The van der Waals surface area contributed by atoms with E-state index < -0.39 is 34.6 Å². The van der Waals surface area contributed by atoms with Gasteiger partial charge < -0.3 is 15.8 Å². The van der Waals surface area contributed by atoms with Gasteiger partial charge in [-0.2, -0.15) is 4.37 Å². The highest BCUT2D eigenvalue weighted by Crippen LogP contribution is 2.30. The molecule has 0 aliphatic rings. The van der Waals surface area contributed by atoms with Gasteiger partial charge in [0.05, 0.1) is 18.4 Å². The van der Waals surface area contributed by atoms with Crippen molar-refractivity contribution in [3.8, 4) is 16.3 Å². The molecule has 1 aromatic carbocycles. The van der Waals surface area contributed by atoms with E-state index in [2.05, 4.69) is 14.7 Å². The van der Waals surface area contributed by atoms with E-state index in [0.717, 1.165) is 41.9 Å². The van der Waals surface area contributed by atoms with Crippen molar-refractivity contribution in [2.45, 2.75) is 0 Å². The normalized spacial score (nSPS) is 11.9. The van der Waals surface area contributed by atoms with Gasteiger partial charge in [-0.05, 0) is 30.8 Å². The molecular weight excluding hydrogens is 441 g/mol. The minimum Gasteiger partial charge on any atom is -0.481 e. The van der Waals surface area contributed by atoms with E-state index in [1.165, 1.54) is 6.20 Å². The lowest BCUT2D eigenvalue weighted by atomic mass is 10.1. The Balaban J connectivity index is 1.82. The molecular formula is C19H16ClF3N4O2S. The number of carbonyl (C=O) groups excluding carboxylic acids is 1. The van der Waals surface area contributed by atoms with Crippen LogP contribution >= 0.6 is 23.1 Å². The molecule has 11 heteroatoms. The van der Waals surface area contributed by atoms with Gasteiger partial charge in [0.15, 0.2) is 0 Å². The van der Waals surface area contributed by atoms with Gasteiger partial charge in [0.2, 0.25) is 5.06 Å². The van der Waals surface area contributed by atoms with Crippen molar-refractivity contribution in [2.24, 2.45) is 11.7 Å². The van der Waals surface area contributed by atoms with Crippen LogP contribution in [0.1, 0.15) is 10.5 Å². The summed E-state index contributed by atoms with van der Waals surface area (Å²) in [6, 6.07) is 5.11. The van der Waals surface area contributed by atoms with Crippen LogP contribution in [-0.4, -0.2) is 34.3 Å². The SMILES string of the molecule is NCC(CCl)COc1sncc1NC(=O)c1ccc(F)c(-c2c(F)cccc2F)n1. The number of benzene rings is 1. The molecule has 0 fully saturated rings. The van der Waals surface area contributed by atoms with Gasteiger partial charge in [0.1, 0.15) is 34.5 Å². The number of hydrogen-bond donors (Lipinski definition) is 2. The zero-order valence-electron chi connectivity index (χ0n) is 15.4. The van der Waals surface area contributed by atoms with E-state index >= 15 is 0 Å². The lowest BCUT2D eigenvalue weighted by Crippen LogP contribution is -2.23. The lowest BCUT2D eigenvalue weighted by molar-refractivity contribution is 0.102. The number of ether oxygens (including phenoxy) is 1. The molecule has 3 aromatic rings. The predicted molar refractivity (Wildman–Crippen MR) is 108 cm³/mol. The van der Waals surface area contributed by atoms with E-state index in [4.69, 9.17) is 22.1 Å². The van der Waals surface area contributed by atoms with E-state index in [1.807, 2.05) is 0 Å². The summed E-state index contributed by atoms with van der Waals surface area (Å²) in [4.78, 5) is 16.4. The molecule has 6 nitrogen and oxygen atoms in total. The number of rotatable bonds is 8. The highest BCUT2D eigenvalue weighted by Gasteiger charge is 2.20. The summed E-state index contributed by atoms with van der Waals surface area (Å²) in [5.74, 6) is -3.45. The predicted octanol–water partition coefficient (Wildman–Crippen LogP) is 4.07. The Morgan fingerprint density at radius 1 is 1.20 bits per heavy atom. The number of nitrogens with zero attached hydrogens (tertiary/aromatic N) is 2. The Morgan fingerprint density at radius 2 is 1.93 bits per heavy atom. The van der Waals surface area contributed by atoms with E-state index in [-0.39, 0.29) is 23.9 Å². The standard InChI is InChI=1S/C19H16ClF3N4O2S/c20-6-10(7-24)9-29-19-15(8-25-30-19)27-18(28)14-5-4-13(23)17(26-14)16-11(21)2-1-3-12(16)22/h1-5,8,10H,6-7,9,24H2,(H,27,28). The molecule has 158 valence electrons. The largest absolute Gasteiger partial charge is 0.481 e. The maximum absolute atomic E-state index is 14.2. The van der Waals surface area contributed by atoms with Gasteiger partial charge >= 0.3 is 0 Å². The molecule has 3 N–H and O–H groups in total. The van der Waals surface area contributed by atoms with Crippen molar-refractivity contribution in [2.75, 3.05) is 24.3 Å². The molecule has 2 heterocycles. The second kappa shape index (κ2) is 9.88. The molecule has 0 radical (unpaired) electrons. The van der Waals surface area contributed by atoms with Gasteiger partial charge in [0, 0.05) is 23.3 Å². The lowest BCUT2D eigenvalue weighted by Gasteiger charge is -2.13. The van der Waals surface area contributed by atoms with Crippen LogP contribution in [0.3, 0.4) is 0 Å². The smallest absolute Gasteiger partial charge is 0.274 e. The molecule has 2 aromatic heterocycles. The Labute approximate surface area is 179 Å². The zero-order chi connectivity index (χ0) is 21.7. The number of amides is 1. The Morgan fingerprint density at radius 3 is 2.60 bits per heavy atom. The highest BCUT2D eigenvalue weighted by atomic mass is 35.5. The van der Waals surface area contributed by atoms with Crippen LogP contribution < -0.4 is 15.8 Å². The summed E-state index contributed by atoms with van der Waals surface area (Å²) >= 11 is 6.78. The van der Waals surface area contributed by atoms with Crippen LogP contribution in [0.4, 0.5) is 18.9 Å². The molecule has 0 aliphatic carbocycles. The molecule has 0 saturated carbocycles. The molecule has 30 heavy (non-hydrogen) atoms. The third kappa shape index (κ3) is 4.89. The van der Waals surface area contributed by atoms with Gasteiger partial charge in [0.25, 0.3) is 5.91 Å². The van der Waals surface area contributed by atoms with Crippen LogP contribution in [0.15, 0.2) is 36.5 Å². The number of anilines is 1. The van der Waals surface area contributed by atoms with Gasteiger partial charge in [-0.3, -0.25) is 4.79 Å². The van der Waals surface area contributed by atoms with Crippen molar-refractivity contribution in [3.05, 3.63) is 59.7 Å². The molecule has 0 aliphatic heterocycles. The average Bonchev–Trinajstić information content (AvgIpc) is 3.16. The van der Waals surface area contributed by atoms with Crippen LogP contribution in [0.5, 0.6) is 5.06 Å². The number of nitrogens with two attached hydrogens (primary N) is 1. The minimum absolute atomic E-state index is 0.0747. The van der Waals surface area contributed by atoms with Gasteiger partial charge in [-0.15, -0.1) is 11.6 Å². The molecule has 0 bridgehead atoms. The second-order valence-corrected chi connectivity index (χ2v) is 7.24. The highest BCUT2D eigenvalue weighted by molar-refractivity contribution is 7.08. The molecule has 1 unspecified atom stereocenters. The van der Waals surface area contributed by atoms with Crippen LogP contribution in [-0.2, 0) is 0 Å². The average molecular weight is 457 g/mol. The fourth-order valence-corrected chi connectivity index (χ4v) is 3.23. The van der Waals surface area contributed by atoms with Gasteiger partial charge in [-0.25, -0.2) is 18.2 Å². The number of hydrogen-bond acceptors (Lipinski definition) is 6. The summed E-state index contributed by atoms with van der Waals surface area (Å²) < 4.78 is 51.8. The first-order valence-electron chi connectivity index (χ1n) is 8.70. The summed E-state index contributed by atoms with van der Waals surface area (Å²) in [7, 11) is 0. The second-order valence-electron chi connectivity index (χ2n) is 6.17. The summed E-state index contributed by atoms with van der Waals surface area (Å²) in [5.41, 5.74) is 4.34. The fraction of sp³-hybridized carbons (Fsp3) is 0.211. The van der Waals surface area contributed by atoms with E-state index in [9.17, 15) is 18.0 Å². The first-order chi connectivity index (χ1) is 14.4. The first kappa shape index (κ1) is 22.0. The number of alkyl halides is 1. The van der Waals surface area contributed by atoms with Crippen molar-refractivity contribution in [1.29, 1.82) is 0 Å².